The van der Waals surface area contributed by atoms with Crippen molar-refractivity contribution in [1.82, 2.24) is 15.5 Å². The maximum Gasteiger partial charge on any atom is 0.142 e. The highest BCUT2D eigenvalue weighted by molar-refractivity contribution is 6.36. The molecule has 1 aromatic carbocycles. The first-order valence-electron chi connectivity index (χ1n) is 6.05. The molecule has 0 saturated heterocycles. The zero-order valence-electron chi connectivity index (χ0n) is 10.0. The Morgan fingerprint density at radius 2 is 2.11 bits per heavy atom. The van der Waals surface area contributed by atoms with Crippen LogP contribution in [0.15, 0.2) is 18.3 Å². The predicted molar refractivity (Wildman–Crippen MR) is 73.9 cm³/mol. The maximum atomic E-state index is 13.6. The van der Waals surface area contributed by atoms with Crippen LogP contribution in [0.3, 0.4) is 0 Å². The summed E-state index contributed by atoms with van der Waals surface area (Å²) in [5.41, 5.74) is 2.28. The van der Waals surface area contributed by atoms with Gasteiger partial charge in [-0.2, -0.15) is 5.10 Å². The van der Waals surface area contributed by atoms with Crippen LogP contribution in [0.1, 0.15) is 18.4 Å². The maximum absolute atomic E-state index is 13.6. The van der Waals surface area contributed by atoms with E-state index in [1.807, 2.05) is 0 Å². The molecule has 0 radical (unpaired) electrons. The van der Waals surface area contributed by atoms with E-state index >= 15 is 0 Å². The average Bonchev–Trinajstić information content (AvgIpc) is 3.09. The van der Waals surface area contributed by atoms with Gasteiger partial charge in [-0.15, -0.1) is 0 Å². The Kier molecular flexibility index (Phi) is 3.48. The smallest absolute Gasteiger partial charge is 0.142 e. The molecule has 19 heavy (non-hydrogen) atoms. The lowest BCUT2D eigenvalue weighted by atomic mass is 10.1. The van der Waals surface area contributed by atoms with Crippen LogP contribution in [-0.4, -0.2) is 16.2 Å². The van der Waals surface area contributed by atoms with E-state index in [-0.39, 0.29) is 5.02 Å². The normalized spacial score (nSPS) is 14.9. The van der Waals surface area contributed by atoms with Crippen LogP contribution >= 0.6 is 23.2 Å². The van der Waals surface area contributed by atoms with Crippen LogP contribution in [-0.2, 0) is 6.54 Å². The van der Waals surface area contributed by atoms with E-state index in [0.29, 0.717) is 23.2 Å². The molecular weight excluding hydrogens is 288 g/mol. The van der Waals surface area contributed by atoms with E-state index in [9.17, 15) is 4.39 Å². The van der Waals surface area contributed by atoms with Crippen molar-refractivity contribution in [3.05, 3.63) is 39.8 Å². The first-order valence-corrected chi connectivity index (χ1v) is 6.81. The molecule has 2 N–H and O–H groups in total. The summed E-state index contributed by atoms with van der Waals surface area (Å²) in [6, 6.07) is 3.34. The molecule has 1 fully saturated rings. The molecule has 100 valence electrons. The van der Waals surface area contributed by atoms with Gasteiger partial charge in [0.2, 0.25) is 0 Å². The van der Waals surface area contributed by atoms with Gasteiger partial charge in [-0.3, -0.25) is 5.10 Å². The number of halogens is 3. The van der Waals surface area contributed by atoms with Gasteiger partial charge in [-0.25, -0.2) is 4.39 Å². The van der Waals surface area contributed by atoms with Gasteiger partial charge < -0.3 is 5.32 Å². The Hall–Kier alpha value is -1.10. The highest BCUT2D eigenvalue weighted by atomic mass is 35.5. The molecule has 1 saturated carbocycles. The zero-order valence-corrected chi connectivity index (χ0v) is 11.5. The Morgan fingerprint density at radius 3 is 2.84 bits per heavy atom. The van der Waals surface area contributed by atoms with Crippen LogP contribution in [0.4, 0.5) is 4.39 Å². The molecule has 1 heterocycles. The molecule has 1 aliphatic rings. The number of rotatable bonds is 4. The van der Waals surface area contributed by atoms with E-state index in [2.05, 4.69) is 15.5 Å². The van der Waals surface area contributed by atoms with Crippen molar-refractivity contribution in [3.63, 3.8) is 0 Å². The molecule has 1 aromatic heterocycles. The molecule has 6 heteroatoms. The minimum atomic E-state index is -0.489. The summed E-state index contributed by atoms with van der Waals surface area (Å²) >= 11 is 11.8. The minimum Gasteiger partial charge on any atom is -0.310 e. The number of aromatic nitrogens is 2. The molecule has 0 bridgehead atoms. The summed E-state index contributed by atoms with van der Waals surface area (Å²) in [6.07, 6.45) is 4.15. The third kappa shape index (κ3) is 2.76. The van der Waals surface area contributed by atoms with Gasteiger partial charge in [-0.1, -0.05) is 23.2 Å². The lowest BCUT2D eigenvalue weighted by Gasteiger charge is -2.07. The standard InChI is InChI=1S/C13H12Cl2FN3/c14-10-4-11(15)12(16)3-9(10)13-7(6-18-19-13)5-17-8-1-2-8/h3-4,6,8,17H,1-2,5H2,(H,18,19). The average molecular weight is 300 g/mol. The van der Waals surface area contributed by atoms with Gasteiger partial charge in [0.25, 0.3) is 0 Å². The van der Waals surface area contributed by atoms with Gasteiger partial charge in [-0.05, 0) is 25.0 Å². The summed E-state index contributed by atoms with van der Waals surface area (Å²) in [7, 11) is 0. The van der Waals surface area contributed by atoms with Crippen molar-refractivity contribution in [3.8, 4) is 11.3 Å². The monoisotopic (exact) mass is 299 g/mol. The number of aromatic amines is 1. The summed E-state index contributed by atoms with van der Waals surface area (Å²) in [5.74, 6) is -0.489. The van der Waals surface area contributed by atoms with E-state index in [0.717, 1.165) is 11.3 Å². The summed E-state index contributed by atoms with van der Waals surface area (Å²) < 4.78 is 13.6. The molecule has 3 rings (SSSR count). The third-order valence-electron chi connectivity index (χ3n) is 3.16. The van der Waals surface area contributed by atoms with Gasteiger partial charge in [0, 0.05) is 23.7 Å². The number of nitrogens with zero attached hydrogens (tertiary/aromatic N) is 1. The van der Waals surface area contributed by atoms with E-state index in [4.69, 9.17) is 23.2 Å². The highest BCUT2D eigenvalue weighted by Gasteiger charge is 2.21. The molecule has 0 spiro atoms. The molecule has 3 nitrogen and oxygen atoms in total. The molecule has 0 amide bonds. The Morgan fingerprint density at radius 1 is 1.32 bits per heavy atom. The number of hydrogen-bond donors (Lipinski definition) is 2. The number of nitrogens with one attached hydrogen (secondary N) is 2. The molecule has 0 aliphatic heterocycles. The van der Waals surface area contributed by atoms with Crippen molar-refractivity contribution in [2.24, 2.45) is 0 Å². The van der Waals surface area contributed by atoms with Crippen molar-refractivity contribution in [2.45, 2.75) is 25.4 Å². The first-order chi connectivity index (χ1) is 9.15. The SMILES string of the molecule is Fc1cc(-c2[nH]ncc2CNC2CC2)c(Cl)cc1Cl. The second-order valence-electron chi connectivity index (χ2n) is 4.67. The summed E-state index contributed by atoms with van der Waals surface area (Å²) in [6.45, 7) is 0.692. The number of H-pyrrole nitrogens is 1. The number of hydrogen-bond acceptors (Lipinski definition) is 2. The van der Waals surface area contributed by atoms with E-state index in [1.165, 1.54) is 25.0 Å². The fourth-order valence-electron chi connectivity index (χ4n) is 1.93. The van der Waals surface area contributed by atoms with E-state index < -0.39 is 5.82 Å². The molecule has 2 aromatic rings. The lowest BCUT2D eigenvalue weighted by Crippen LogP contribution is -2.15. The zero-order chi connectivity index (χ0) is 13.4. The van der Waals surface area contributed by atoms with Crippen molar-refractivity contribution in [1.29, 1.82) is 0 Å². The molecule has 0 unspecified atom stereocenters. The van der Waals surface area contributed by atoms with E-state index in [1.54, 1.807) is 6.20 Å². The highest BCUT2D eigenvalue weighted by Crippen LogP contribution is 2.33. The summed E-state index contributed by atoms with van der Waals surface area (Å²) in [5, 5.41) is 10.7. The minimum absolute atomic E-state index is 0.0194. The van der Waals surface area contributed by atoms with Crippen LogP contribution in [0.5, 0.6) is 0 Å². The van der Waals surface area contributed by atoms with Crippen LogP contribution in [0.25, 0.3) is 11.3 Å². The van der Waals surface area contributed by atoms with Gasteiger partial charge >= 0.3 is 0 Å². The fourth-order valence-corrected chi connectivity index (χ4v) is 2.41. The second kappa shape index (κ2) is 5.12. The molecular formula is C13H12Cl2FN3. The largest absolute Gasteiger partial charge is 0.310 e. The second-order valence-corrected chi connectivity index (χ2v) is 5.49. The topological polar surface area (TPSA) is 40.7 Å². The van der Waals surface area contributed by atoms with Gasteiger partial charge in [0.15, 0.2) is 0 Å². The fraction of sp³-hybridized carbons (Fsp3) is 0.308. The Balaban J connectivity index is 1.92. The third-order valence-corrected chi connectivity index (χ3v) is 3.76. The Bertz CT molecular complexity index is 608. The van der Waals surface area contributed by atoms with Gasteiger partial charge in [0.1, 0.15) is 5.82 Å². The Labute approximate surface area is 120 Å². The summed E-state index contributed by atoms with van der Waals surface area (Å²) in [4.78, 5) is 0. The first kappa shape index (κ1) is 12.9. The lowest BCUT2D eigenvalue weighted by molar-refractivity contribution is 0.628. The quantitative estimate of drug-likeness (QED) is 0.844. The van der Waals surface area contributed by atoms with Crippen molar-refractivity contribution < 1.29 is 4.39 Å². The van der Waals surface area contributed by atoms with Crippen LogP contribution < -0.4 is 5.32 Å². The van der Waals surface area contributed by atoms with Crippen LogP contribution in [0.2, 0.25) is 10.0 Å². The molecule has 1 aliphatic carbocycles. The van der Waals surface area contributed by atoms with Crippen molar-refractivity contribution >= 4 is 23.2 Å². The van der Waals surface area contributed by atoms with Crippen molar-refractivity contribution in [2.75, 3.05) is 0 Å². The number of benzene rings is 1. The van der Waals surface area contributed by atoms with Gasteiger partial charge in [0.05, 0.1) is 21.9 Å². The predicted octanol–water partition coefficient (Wildman–Crippen LogP) is 3.77. The molecule has 0 atom stereocenters. The van der Waals surface area contributed by atoms with Crippen LogP contribution in [0, 0.1) is 5.82 Å².